The maximum atomic E-state index is 13.2. The Bertz CT molecular complexity index is 1010. The largest absolute Gasteiger partial charge is 0.339 e. The number of para-hydroxylation sites is 1. The molecule has 0 bridgehead atoms. The number of aromatic nitrogens is 4. The van der Waals surface area contributed by atoms with Crippen LogP contribution in [0.1, 0.15) is 23.5 Å². The van der Waals surface area contributed by atoms with Gasteiger partial charge in [0.05, 0.1) is 10.6 Å². The van der Waals surface area contributed by atoms with Gasteiger partial charge in [0.15, 0.2) is 0 Å². The molecule has 0 aliphatic carbocycles. The molecule has 3 aromatic rings. The average Bonchev–Trinajstić information content (AvgIpc) is 3.50. The van der Waals surface area contributed by atoms with Crippen molar-refractivity contribution < 1.29 is 9.59 Å². The molecule has 10 heteroatoms. The van der Waals surface area contributed by atoms with E-state index in [0.717, 1.165) is 5.69 Å². The minimum absolute atomic E-state index is 0.0141. The van der Waals surface area contributed by atoms with Crippen LogP contribution in [0, 0.1) is 5.92 Å². The topological polar surface area (TPSA) is 96.2 Å². The Morgan fingerprint density at radius 2 is 1.77 bits per heavy atom. The summed E-state index contributed by atoms with van der Waals surface area (Å²) in [4.78, 5) is 30.2. The van der Waals surface area contributed by atoms with Gasteiger partial charge in [-0.2, -0.15) is 4.68 Å². The molecule has 1 aromatic carbocycles. The SMILES string of the molecule is CC(C)[C@H](NC(=O)c1cccs1)C(=O)N1CCN(c2nnnn2-c2ccccc2)CC1. The van der Waals surface area contributed by atoms with Crippen LogP contribution in [0.4, 0.5) is 5.95 Å². The van der Waals surface area contributed by atoms with Crippen LogP contribution in [-0.2, 0) is 4.79 Å². The van der Waals surface area contributed by atoms with Crippen LogP contribution in [0.5, 0.6) is 0 Å². The van der Waals surface area contributed by atoms with Gasteiger partial charge in [-0.15, -0.1) is 11.3 Å². The predicted octanol–water partition coefficient (Wildman–Crippen LogP) is 1.83. The molecule has 1 aliphatic rings. The first-order chi connectivity index (χ1) is 15.0. The van der Waals surface area contributed by atoms with Crippen LogP contribution >= 0.6 is 11.3 Å². The smallest absolute Gasteiger partial charge is 0.262 e. The molecule has 162 valence electrons. The van der Waals surface area contributed by atoms with E-state index in [0.29, 0.717) is 37.0 Å². The number of nitrogens with one attached hydrogen (secondary N) is 1. The van der Waals surface area contributed by atoms with E-state index < -0.39 is 6.04 Å². The summed E-state index contributed by atoms with van der Waals surface area (Å²) in [6, 6.07) is 12.7. The number of rotatable bonds is 6. The number of thiophene rings is 1. The summed E-state index contributed by atoms with van der Waals surface area (Å²) in [5.41, 5.74) is 0.886. The second-order valence-electron chi connectivity index (χ2n) is 7.71. The number of carbonyl (C=O) groups excluding carboxylic acids is 2. The van der Waals surface area contributed by atoms with E-state index in [9.17, 15) is 9.59 Å². The van der Waals surface area contributed by atoms with Crippen molar-refractivity contribution >= 4 is 29.1 Å². The van der Waals surface area contributed by atoms with Crippen molar-refractivity contribution in [2.24, 2.45) is 5.92 Å². The summed E-state index contributed by atoms with van der Waals surface area (Å²) in [6.07, 6.45) is 0. The fraction of sp³-hybridized carbons (Fsp3) is 0.381. The summed E-state index contributed by atoms with van der Waals surface area (Å²) in [5.74, 6) is 0.384. The zero-order valence-electron chi connectivity index (χ0n) is 17.5. The predicted molar refractivity (Wildman–Crippen MR) is 118 cm³/mol. The molecule has 4 rings (SSSR count). The highest BCUT2D eigenvalue weighted by Gasteiger charge is 2.32. The summed E-state index contributed by atoms with van der Waals surface area (Å²) >= 11 is 1.37. The number of nitrogens with zero attached hydrogens (tertiary/aromatic N) is 6. The summed E-state index contributed by atoms with van der Waals surface area (Å²) in [6.45, 7) is 6.20. The van der Waals surface area contributed by atoms with Crippen molar-refractivity contribution in [1.29, 1.82) is 0 Å². The third kappa shape index (κ3) is 4.58. The van der Waals surface area contributed by atoms with Gasteiger partial charge in [0.25, 0.3) is 5.91 Å². The van der Waals surface area contributed by atoms with Gasteiger partial charge in [0.2, 0.25) is 11.9 Å². The molecule has 1 fully saturated rings. The fourth-order valence-corrected chi connectivity index (χ4v) is 4.20. The normalized spacial score (nSPS) is 15.2. The van der Waals surface area contributed by atoms with E-state index in [1.54, 1.807) is 10.7 Å². The van der Waals surface area contributed by atoms with Gasteiger partial charge >= 0.3 is 0 Å². The molecule has 31 heavy (non-hydrogen) atoms. The number of benzene rings is 1. The van der Waals surface area contributed by atoms with E-state index in [-0.39, 0.29) is 17.7 Å². The first-order valence-electron chi connectivity index (χ1n) is 10.3. The molecule has 1 atom stereocenters. The second kappa shape index (κ2) is 9.25. The van der Waals surface area contributed by atoms with Gasteiger partial charge < -0.3 is 15.1 Å². The van der Waals surface area contributed by atoms with Crippen molar-refractivity contribution in [2.75, 3.05) is 31.1 Å². The van der Waals surface area contributed by atoms with E-state index in [2.05, 4.69) is 25.7 Å². The van der Waals surface area contributed by atoms with Crippen molar-refractivity contribution in [2.45, 2.75) is 19.9 Å². The third-order valence-electron chi connectivity index (χ3n) is 5.29. The Morgan fingerprint density at radius 3 is 2.42 bits per heavy atom. The van der Waals surface area contributed by atoms with Crippen LogP contribution in [0.2, 0.25) is 0 Å². The lowest BCUT2D eigenvalue weighted by Gasteiger charge is -2.37. The molecule has 0 saturated carbocycles. The van der Waals surface area contributed by atoms with Crippen molar-refractivity contribution in [1.82, 2.24) is 30.4 Å². The Labute approximate surface area is 184 Å². The van der Waals surface area contributed by atoms with Crippen LogP contribution in [0.25, 0.3) is 5.69 Å². The summed E-state index contributed by atoms with van der Waals surface area (Å²) < 4.78 is 1.70. The lowest BCUT2D eigenvalue weighted by Crippen LogP contribution is -2.56. The molecule has 0 radical (unpaired) electrons. The van der Waals surface area contributed by atoms with Crippen LogP contribution in [-0.4, -0.2) is 69.1 Å². The van der Waals surface area contributed by atoms with Crippen molar-refractivity contribution in [3.05, 3.63) is 52.7 Å². The number of amides is 2. The lowest BCUT2D eigenvalue weighted by atomic mass is 10.0. The maximum Gasteiger partial charge on any atom is 0.262 e. The number of hydrogen-bond acceptors (Lipinski definition) is 7. The molecular weight excluding hydrogens is 414 g/mol. The Kier molecular flexibility index (Phi) is 6.26. The Hall–Kier alpha value is -3.27. The number of tetrazole rings is 1. The Morgan fingerprint density at radius 1 is 1.03 bits per heavy atom. The highest BCUT2D eigenvalue weighted by atomic mass is 32.1. The summed E-state index contributed by atoms with van der Waals surface area (Å²) in [5, 5.41) is 16.9. The highest BCUT2D eigenvalue weighted by molar-refractivity contribution is 7.12. The van der Waals surface area contributed by atoms with Gasteiger partial charge in [0.1, 0.15) is 6.04 Å². The second-order valence-corrected chi connectivity index (χ2v) is 8.66. The van der Waals surface area contributed by atoms with Crippen LogP contribution < -0.4 is 10.2 Å². The number of piperazine rings is 1. The number of anilines is 1. The lowest BCUT2D eigenvalue weighted by molar-refractivity contribution is -0.134. The molecule has 3 heterocycles. The minimum Gasteiger partial charge on any atom is -0.339 e. The van der Waals surface area contributed by atoms with Gasteiger partial charge in [0, 0.05) is 26.2 Å². The molecule has 1 aliphatic heterocycles. The molecule has 9 nitrogen and oxygen atoms in total. The molecule has 0 spiro atoms. The van der Waals surface area contributed by atoms with Crippen molar-refractivity contribution in [3.8, 4) is 5.69 Å². The van der Waals surface area contributed by atoms with Crippen molar-refractivity contribution in [3.63, 3.8) is 0 Å². The minimum atomic E-state index is -0.559. The molecule has 2 amide bonds. The average molecular weight is 440 g/mol. The standard InChI is InChI=1S/C21H25N7O2S/c1-15(2)18(22-19(29)17-9-6-14-31-17)20(30)26-10-12-27(13-11-26)21-23-24-25-28(21)16-7-4-3-5-8-16/h3-9,14-15,18H,10-13H2,1-2H3,(H,22,29)/t18-/m0/s1. The van der Waals surface area contributed by atoms with Crippen LogP contribution in [0.3, 0.4) is 0 Å². The molecule has 1 N–H and O–H groups in total. The van der Waals surface area contributed by atoms with Gasteiger partial charge in [-0.3, -0.25) is 9.59 Å². The molecule has 2 aromatic heterocycles. The maximum absolute atomic E-state index is 13.2. The number of hydrogen-bond donors (Lipinski definition) is 1. The fourth-order valence-electron chi connectivity index (χ4n) is 3.57. The van der Waals surface area contributed by atoms with E-state index in [1.165, 1.54) is 11.3 Å². The van der Waals surface area contributed by atoms with E-state index in [1.807, 2.05) is 60.5 Å². The first-order valence-corrected chi connectivity index (χ1v) is 11.1. The summed E-state index contributed by atoms with van der Waals surface area (Å²) in [7, 11) is 0. The van der Waals surface area contributed by atoms with E-state index in [4.69, 9.17) is 0 Å². The monoisotopic (exact) mass is 439 g/mol. The number of carbonyl (C=O) groups is 2. The third-order valence-corrected chi connectivity index (χ3v) is 6.16. The zero-order chi connectivity index (χ0) is 21.8. The first kappa shape index (κ1) is 21.0. The molecule has 0 unspecified atom stereocenters. The highest BCUT2D eigenvalue weighted by Crippen LogP contribution is 2.18. The molecule has 1 saturated heterocycles. The zero-order valence-corrected chi connectivity index (χ0v) is 18.3. The Balaban J connectivity index is 1.40. The van der Waals surface area contributed by atoms with E-state index >= 15 is 0 Å². The van der Waals surface area contributed by atoms with Gasteiger partial charge in [-0.05, 0) is 39.9 Å². The van der Waals surface area contributed by atoms with Crippen LogP contribution in [0.15, 0.2) is 47.8 Å². The molecular formula is C21H25N7O2S. The van der Waals surface area contributed by atoms with Gasteiger partial charge in [-0.25, -0.2) is 0 Å². The quantitative estimate of drug-likeness (QED) is 0.630. The van der Waals surface area contributed by atoms with Gasteiger partial charge in [-0.1, -0.05) is 43.2 Å².